The van der Waals surface area contributed by atoms with Crippen molar-refractivity contribution in [1.29, 1.82) is 5.26 Å². The molecule has 0 atom stereocenters. The molecule has 1 heterocycles. The number of hydrogen-bond acceptors (Lipinski definition) is 6. The molecule has 6 nitrogen and oxygen atoms in total. The zero-order chi connectivity index (χ0) is 17.3. The van der Waals surface area contributed by atoms with Crippen LogP contribution >= 0.6 is 11.6 Å². The molecular formula is C16H12ClFN6. The van der Waals surface area contributed by atoms with Crippen LogP contribution in [0.2, 0.25) is 5.02 Å². The van der Waals surface area contributed by atoms with Gasteiger partial charge in [0.05, 0.1) is 16.1 Å². The monoisotopic (exact) mass is 342 g/mol. The van der Waals surface area contributed by atoms with E-state index in [4.69, 9.17) is 23.1 Å². The first-order valence-corrected chi connectivity index (χ1v) is 7.32. The Bertz CT molecular complexity index is 968. The lowest BCUT2D eigenvalue weighted by Gasteiger charge is -2.14. The smallest absolute Gasteiger partial charge is 0.222 e. The summed E-state index contributed by atoms with van der Waals surface area (Å²) in [6.45, 7) is 0.357. The van der Waals surface area contributed by atoms with Crippen LogP contribution in [0.4, 0.5) is 21.8 Å². The Morgan fingerprint density at radius 2 is 1.92 bits per heavy atom. The quantitative estimate of drug-likeness (QED) is 0.674. The van der Waals surface area contributed by atoms with E-state index in [0.717, 1.165) is 5.56 Å². The number of halogens is 2. The van der Waals surface area contributed by atoms with Crippen molar-refractivity contribution < 1.29 is 4.39 Å². The van der Waals surface area contributed by atoms with Gasteiger partial charge in [0.1, 0.15) is 23.0 Å². The van der Waals surface area contributed by atoms with Crippen molar-refractivity contribution in [1.82, 2.24) is 9.97 Å². The summed E-state index contributed by atoms with van der Waals surface area (Å²) in [6.07, 6.45) is 0. The van der Waals surface area contributed by atoms with Crippen LogP contribution in [-0.2, 0) is 6.54 Å². The Morgan fingerprint density at radius 3 is 2.58 bits per heavy atom. The van der Waals surface area contributed by atoms with E-state index in [-0.39, 0.29) is 38.9 Å². The second-order valence-corrected chi connectivity index (χ2v) is 5.40. The molecule has 0 spiro atoms. The van der Waals surface area contributed by atoms with Gasteiger partial charge in [-0.05, 0) is 5.56 Å². The molecule has 8 heteroatoms. The molecule has 2 aromatic carbocycles. The Hall–Kier alpha value is -3.11. The van der Waals surface area contributed by atoms with Gasteiger partial charge in [-0.1, -0.05) is 41.9 Å². The van der Waals surface area contributed by atoms with Crippen molar-refractivity contribution in [3.8, 4) is 6.07 Å². The molecule has 0 saturated carbocycles. The van der Waals surface area contributed by atoms with E-state index in [0.29, 0.717) is 6.54 Å². The zero-order valence-corrected chi connectivity index (χ0v) is 13.1. The number of rotatable bonds is 3. The van der Waals surface area contributed by atoms with E-state index in [1.54, 1.807) is 0 Å². The highest BCUT2D eigenvalue weighted by Crippen LogP contribution is 2.38. The number of hydrogen-bond donors (Lipinski definition) is 3. The molecule has 0 aliphatic heterocycles. The first-order chi connectivity index (χ1) is 11.5. The van der Waals surface area contributed by atoms with Crippen molar-refractivity contribution in [2.24, 2.45) is 0 Å². The Morgan fingerprint density at radius 1 is 1.21 bits per heavy atom. The first kappa shape index (κ1) is 15.8. The molecule has 0 unspecified atom stereocenters. The van der Waals surface area contributed by atoms with Gasteiger partial charge in [0.25, 0.3) is 0 Å². The minimum atomic E-state index is -0.829. The minimum absolute atomic E-state index is 0.0636. The Labute approximate surface area is 141 Å². The standard InChI is InChI=1S/C16H12ClFN6/c17-11-13(22-7-8-4-2-1-3-5-8)9(6-19)12(18)10-14(11)23-16(21)24-15(10)20/h1-5,22H,7H2,(H4,20,21,23,24). The van der Waals surface area contributed by atoms with Crippen LogP contribution < -0.4 is 16.8 Å². The average molecular weight is 343 g/mol. The van der Waals surface area contributed by atoms with Crippen LogP contribution in [0.1, 0.15) is 11.1 Å². The van der Waals surface area contributed by atoms with Gasteiger partial charge in [0.15, 0.2) is 5.82 Å². The fourth-order valence-corrected chi connectivity index (χ4v) is 2.69. The summed E-state index contributed by atoms with van der Waals surface area (Å²) in [7, 11) is 0. The molecule has 0 aliphatic rings. The van der Waals surface area contributed by atoms with Crippen molar-refractivity contribution in [2.45, 2.75) is 6.54 Å². The molecule has 3 rings (SSSR count). The maximum atomic E-state index is 14.7. The van der Waals surface area contributed by atoms with E-state index < -0.39 is 5.82 Å². The second-order valence-electron chi connectivity index (χ2n) is 5.02. The van der Waals surface area contributed by atoms with E-state index in [1.165, 1.54) is 0 Å². The summed E-state index contributed by atoms with van der Waals surface area (Å²) in [5.74, 6) is -1.12. The minimum Gasteiger partial charge on any atom is -0.383 e. The van der Waals surface area contributed by atoms with Crippen LogP contribution in [0.25, 0.3) is 10.9 Å². The van der Waals surface area contributed by atoms with Crippen LogP contribution in [0.3, 0.4) is 0 Å². The number of aromatic nitrogens is 2. The van der Waals surface area contributed by atoms with Crippen molar-refractivity contribution in [3.63, 3.8) is 0 Å². The fraction of sp³-hybridized carbons (Fsp3) is 0.0625. The molecule has 0 amide bonds. The third kappa shape index (κ3) is 2.64. The lowest BCUT2D eigenvalue weighted by atomic mass is 10.1. The molecule has 0 radical (unpaired) electrons. The van der Waals surface area contributed by atoms with E-state index in [1.807, 2.05) is 36.4 Å². The van der Waals surface area contributed by atoms with Gasteiger partial charge < -0.3 is 16.8 Å². The van der Waals surface area contributed by atoms with Crippen LogP contribution in [0, 0.1) is 17.1 Å². The summed E-state index contributed by atoms with van der Waals surface area (Å²) < 4.78 is 14.7. The van der Waals surface area contributed by atoms with Gasteiger partial charge in [-0.25, -0.2) is 9.37 Å². The Kier molecular flexibility index (Phi) is 4.06. The summed E-state index contributed by atoms with van der Waals surface area (Å²) in [4.78, 5) is 7.67. The summed E-state index contributed by atoms with van der Waals surface area (Å²) >= 11 is 6.33. The predicted octanol–water partition coefficient (Wildman–Crippen LogP) is 3.07. The third-order valence-electron chi connectivity index (χ3n) is 3.49. The second kappa shape index (κ2) is 6.18. The highest BCUT2D eigenvalue weighted by molar-refractivity contribution is 6.38. The summed E-state index contributed by atoms with van der Waals surface area (Å²) in [6, 6.07) is 11.2. The molecule has 120 valence electrons. The molecule has 0 fully saturated rings. The molecule has 3 aromatic rings. The van der Waals surface area contributed by atoms with Gasteiger partial charge in [-0.15, -0.1) is 0 Å². The van der Waals surface area contributed by atoms with Crippen molar-refractivity contribution >= 4 is 40.0 Å². The van der Waals surface area contributed by atoms with E-state index in [9.17, 15) is 9.65 Å². The van der Waals surface area contributed by atoms with Gasteiger partial charge in [0.2, 0.25) is 5.95 Å². The summed E-state index contributed by atoms with van der Waals surface area (Å²) in [5, 5.41) is 12.3. The fourth-order valence-electron chi connectivity index (χ4n) is 2.39. The molecule has 1 aromatic heterocycles. The normalized spacial score (nSPS) is 10.5. The molecule has 0 saturated heterocycles. The Balaban J connectivity index is 2.17. The van der Waals surface area contributed by atoms with Gasteiger partial charge in [0, 0.05) is 6.54 Å². The molecule has 24 heavy (non-hydrogen) atoms. The number of nitrogens with two attached hydrogens (primary N) is 2. The first-order valence-electron chi connectivity index (χ1n) is 6.94. The highest BCUT2D eigenvalue weighted by Gasteiger charge is 2.22. The lowest BCUT2D eigenvalue weighted by molar-refractivity contribution is 0.636. The average Bonchev–Trinajstić information content (AvgIpc) is 2.57. The number of nitrogen functional groups attached to an aromatic ring is 2. The van der Waals surface area contributed by atoms with Gasteiger partial charge in [-0.3, -0.25) is 0 Å². The zero-order valence-electron chi connectivity index (χ0n) is 12.3. The van der Waals surface area contributed by atoms with E-state index >= 15 is 0 Å². The van der Waals surface area contributed by atoms with Gasteiger partial charge >= 0.3 is 0 Å². The topological polar surface area (TPSA) is 114 Å². The number of nitrogens with one attached hydrogen (secondary N) is 1. The predicted molar refractivity (Wildman–Crippen MR) is 91.8 cm³/mol. The third-order valence-corrected chi connectivity index (χ3v) is 3.86. The lowest BCUT2D eigenvalue weighted by Crippen LogP contribution is -2.08. The van der Waals surface area contributed by atoms with Gasteiger partial charge in [-0.2, -0.15) is 10.2 Å². The maximum Gasteiger partial charge on any atom is 0.222 e. The molecule has 0 bridgehead atoms. The molecule has 5 N–H and O–H groups in total. The highest BCUT2D eigenvalue weighted by atomic mass is 35.5. The largest absolute Gasteiger partial charge is 0.383 e. The van der Waals surface area contributed by atoms with Crippen molar-refractivity contribution in [3.05, 3.63) is 52.3 Å². The van der Waals surface area contributed by atoms with Crippen LogP contribution in [0.15, 0.2) is 30.3 Å². The SMILES string of the molecule is N#Cc1c(NCc2ccccc2)c(Cl)c2nc(N)nc(N)c2c1F. The number of fused-ring (bicyclic) bond motifs is 1. The maximum absolute atomic E-state index is 14.7. The summed E-state index contributed by atoms with van der Waals surface area (Å²) in [5.41, 5.74) is 12.2. The molecule has 0 aliphatic carbocycles. The number of nitrogens with zero attached hydrogens (tertiary/aromatic N) is 3. The van der Waals surface area contributed by atoms with Crippen LogP contribution in [-0.4, -0.2) is 9.97 Å². The van der Waals surface area contributed by atoms with Crippen LogP contribution in [0.5, 0.6) is 0 Å². The number of anilines is 3. The van der Waals surface area contributed by atoms with E-state index in [2.05, 4.69) is 15.3 Å². The number of nitriles is 1. The number of benzene rings is 2. The molecular weight excluding hydrogens is 331 g/mol. The van der Waals surface area contributed by atoms with Crippen molar-refractivity contribution in [2.75, 3.05) is 16.8 Å².